The van der Waals surface area contributed by atoms with Crippen molar-refractivity contribution >= 4 is 21.4 Å². The molecule has 0 fully saturated rings. The van der Waals surface area contributed by atoms with Crippen molar-refractivity contribution in [1.82, 2.24) is 10.0 Å². The average Bonchev–Trinajstić information content (AvgIpc) is 2.90. The first kappa shape index (κ1) is 18.6. The van der Waals surface area contributed by atoms with Gasteiger partial charge in [0.2, 0.25) is 10.0 Å². The molecule has 1 aromatic heterocycles. The van der Waals surface area contributed by atoms with E-state index >= 15 is 0 Å². The molecule has 0 aliphatic carbocycles. The van der Waals surface area contributed by atoms with E-state index in [0.717, 1.165) is 13.0 Å². The van der Waals surface area contributed by atoms with Crippen molar-refractivity contribution in [2.45, 2.75) is 52.0 Å². The molecule has 4 nitrogen and oxygen atoms in total. The molecule has 6 heteroatoms. The van der Waals surface area contributed by atoms with Crippen molar-refractivity contribution in [3.8, 4) is 0 Å². The molecule has 0 saturated carbocycles. The third-order valence-electron chi connectivity index (χ3n) is 3.31. The first-order valence-corrected chi connectivity index (χ1v) is 10.0. The molecule has 0 bridgehead atoms. The van der Waals surface area contributed by atoms with Gasteiger partial charge in [0.05, 0.1) is 5.75 Å². The van der Waals surface area contributed by atoms with Crippen molar-refractivity contribution in [2.75, 3.05) is 18.8 Å². The van der Waals surface area contributed by atoms with Crippen molar-refractivity contribution in [2.24, 2.45) is 0 Å². The fourth-order valence-electron chi connectivity index (χ4n) is 1.92. The predicted molar refractivity (Wildman–Crippen MR) is 91.5 cm³/mol. The highest BCUT2D eigenvalue weighted by Crippen LogP contribution is 2.26. The van der Waals surface area contributed by atoms with E-state index in [9.17, 15) is 8.42 Å². The molecule has 122 valence electrons. The Balaban J connectivity index is 2.33. The van der Waals surface area contributed by atoms with Crippen LogP contribution in [0.5, 0.6) is 0 Å². The number of rotatable bonds is 10. The topological polar surface area (TPSA) is 58.2 Å². The maximum absolute atomic E-state index is 12.0. The summed E-state index contributed by atoms with van der Waals surface area (Å²) in [5.74, 6) is 0.202. The van der Waals surface area contributed by atoms with Gasteiger partial charge in [0.1, 0.15) is 0 Å². The van der Waals surface area contributed by atoms with Gasteiger partial charge in [-0.05, 0) is 30.8 Å². The summed E-state index contributed by atoms with van der Waals surface area (Å²) in [6.45, 7) is 9.62. The Morgan fingerprint density at radius 3 is 2.57 bits per heavy atom. The first-order chi connectivity index (χ1) is 9.73. The van der Waals surface area contributed by atoms with E-state index < -0.39 is 10.0 Å². The molecule has 0 saturated heterocycles. The molecule has 0 spiro atoms. The van der Waals surface area contributed by atoms with Crippen LogP contribution >= 0.6 is 11.3 Å². The highest BCUT2D eigenvalue weighted by Gasteiger charge is 2.24. The van der Waals surface area contributed by atoms with E-state index in [1.807, 2.05) is 11.4 Å². The smallest absolute Gasteiger partial charge is 0.211 e. The summed E-state index contributed by atoms with van der Waals surface area (Å²) in [6, 6.07) is 4.50. The lowest BCUT2D eigenvalue weighted by Gasteiger charge is -2.23. The molecule has 2 N–H and O–H groups in total. The van der Waals surface area contributed by atoms with Gasteiger partial charge in [-0.15, -0.1) is 11.3 Å². The van der Waals surface area contributed by atoms with Crippen molar-refractivity contribution < 1.29 is 8.42 Å². The zero-order valence-electron chi connectivity index (χ0n) is 13.5. The molecule has 0 unspecified atom stereocenters. The average molecular weight is 333 g/mol. The van der Waals surface area contributed by atoms with Crippen LogP contribution in [0.4, 0.5) is 0 Å². The van der Waals surface area contributed by atoms with Crippen LogP contribution in [0.2, 0.25) is 0 Å². The van der Waals surface area contributed by atoms with E-state index in [2.05, 4.69) is 43.8 Å². The molecule has 0 amide bonds. The van der Waals surface area contributed by atoms with Crippen LogP contribution in [0.25, 0.3) is 0 Å². The molecular weight excluding hydrogens is 304 g/mol. The summed E-state index contributed by atoms with van der Waals surface area (Å²) in [6.07, 6.45) is 1.57. The van der Waals surface area contributed by atoms with Crippen LogP contribution in [0.1, 0.15) is 45.4 Å². The van der Waals surface area contributed by atoms with Gasteiger partial charge in [-0.3, -0.25) is 0 Å². The second kappa shape index (κ2) is 8.27. The molecule has 0 aromatic carbocycles. The van der Waals surface area contributed by atoms with Crippen LogP contribution in [-0.4, -0.2) is 33.3 Å². The SMILES string of the molecule is CC(C)NCCCCS(=O)(=O)NCC(C)(C)c1cccs1. The summed E-state index contributed by atoms with van der Waals surface area (Å²) in [4.78, 5) is 1.20. The minimum Gasteiger partial charge on any atom is -0.315 e. The maximum atomic E-state index is 12.0. The molecule has 1 heterocycles. The Labute approximate surface area is 133 Å². The molecule has 1 aromatic rings. The van der Waals surface area contributed by atoms with Crippen molar-refractivity contribution in [3.05, 3.63) is 22.4 Å². The second-order valence-electron chi connectivity index (χ2n) is 6.32. The number of thiophene rings is 1. The fourth-order valence-corrected chi connectivity index (χ4v) is 4.08. The van der Waals surface area contributed by atoms with Gasteiger partial charge in [-0.1, -0.05) is 33.8 Å². The lowest BCUT2D eigenvalue weighted by Crippen LogP contribution is -2.37. The van der Waals surface area contributed by atoms with Crippen LogP contribution in [0.15, 0.2) is 17.5 Å². The van der Waals surface area contributed by atoms with Crippen LogP contribution < -0.4 is 10.0 Å². The van der Waals surface area contributed by atoms with Gasteiger partial charge in [0.15, 0.2) is 0 Å². The Morgan fingerprint density at radius 2 is 2.00 bits per heavy atom. The third kappa shape index (κ3) is 7.40. The maximum Gasteiger partial charge on any atom is 0.211 e. The Kier molecular flexibility index (Phi) is 7.33. The van der Waals surface area contributed by atoms with Crippen molar-refractivity contribution in [3.63, 3.8) is 0 Å². The van der Waals surface area contributed by atoms with Gasteiger partial charge in [-0.2, -0.15) is 0 Å². The first-order valence-electron chi connectivity index (χ1n) is 7.48. The molecule has 1 rings (SSSR count). The number of unbranched alkanes of at least 4 members (excludes halogenated alkanes) is 1. The fraction of sp³-hybridized carbons (Fsp3) is 0.733. The number of nitrogens with one attached hydrogen (secondary N) is 2. The Bertz CT molecular complexity index is 494. The number of sulfonamides is 1. The van der Waals surface area contributed by atoms with Crippen molar-refractivity contribution in [1.29, 1.82) is 0 Å². The second-order valence-corrected chi connectivity index (χ2v) is 9.19. The monoisotopic (exact) mass is 332 g/mol. The summed E-state index contributed by atoms with van der Waals surface area (Å²) in [7, 11) is -3.18. The zero-order chi connectivity index (χ0) is 15.9. The largest absolute Gasteiger partial charge is 0.315 e. The summed E-state index contributed by atoms with van der Waals surface area (Å²) < 4.78 is 26.8. The summed E-state index contributed by atoms with van der Waals surface area (Å²) in [5.41, 5.74) is -0.166. The lowest BCUT2D eigenvalue weighted by atomic mass is 9.92. The molecule has 0 aliphatic heterocycles. The molecule has 21 heavy (non-hydrogen) atoms. The highest BCUT2D eigenvalue weighted by atomic mass is 32.2. The minimum atomic E-state index is -3.18. The van der Waals surface area contributed by atoms with Gasteiger partial charge in [-0.25, -0.2) is 13.1 Å². The number of hydrogen-bond donors (Lipinski definition) is 2. The van der Waals surface area contributed by atoms with E-state index in [1.54, 1.807) is 11.3 Å². The lowest BCUT2D eigenvalue weighted by molar-refractivity contribution is 0.507. The van der Waals surface area contributed by atoms with E-state index in [-0.39, 0.29) is 11.2 Å². The Hall–Kier alpha value is -0.430. The van der Waals surface area contributed by atoms with Crippen LogP contribution in [-0.2, 0) is 15.4 Å². The molecule has 0 atom stereocenters. The van der Waals surface area contributed by atoms with E-state index in [0.29, 0.717) is 19.0 Å². The number of hydrogen-bond acceptors (Lipinski definition) is 4. The van der Waals surface area contributed by atoms with Crippen LogP contribution in [0.3, 0.4) is 0 Å². The summed E-state index contributed by atoms with van der Waals surface area (Å²) >= 11 is 1.66. The van der Waals surface area contributed by atoms with Gasteiger partial charge in [0.25, 0.3) is 0 Å². The summed E-state index contributed by atoms with van der Waals surface area (Å²) in [5, 5.41) is 5.31. The zero-order valence-corrected chi connectivity index (χ0v) is 15.1. The molecule has 0 radical (unpaired) electrons. The minimum absolute atomic E-state index is 0.166. The molecule has 0 aliphatic rings. The van der Waals surface area contributed by atoms with Gasteiger partial charge in [0, 0.05) is 22.9 Å². The molecular formula is C15H28N2O2S2. The van der Waals surface area contributed by atoms with E-state index in [4.69, 9.17) is 0 Å². The quantitative estimate of drug-likeness (QED) is 0.648. The highest BCUT2D eigenvalue weighted by molar-refractivity contribution is 7.89. The van der Waals surface area contributed by atoms with Crippen LogP contribution in [0, 0.1) is 0 Å². The van der Waals surface area contributed by atoms with Gasteiger partial charge >= 0.3 is 0 Å². The third-order valence-corrected chi connectivity index (χ3v) is 5.96. The standard InChI is InChI=1S/C15H28N2O2S2/c1-13(2)16-9-5-6-11-21(18,19)17-12-15(3,4)14-8-7-10-20-14/h7-8,10,13,16-17H,5-6,9,11-12H2,1-4H3. The predicted octanol–water partition coefficient (Wildman–Crippen LogP) is 2.72. The van der Waals surface area contributed by atoms with Gasteiger partial charge < -0.3 is 5.32 Å². The Morgan fingerprint density at radius 1 is 1.29 bits per heavy atom. The van der Waals surface area contributed by atoms with E-state index in [1.165, 1.54) is 4.88 Å². The normalized spacial score (nSPS) is 13.0.